The number of fused-ring (bicyclic) bond motifs is 1. The molecular formula is C39H26N8. The van der Waals surface area contributed by atoms with Gasteiger partial charge < -0.3 is 0 Å². The van der Waals surface area contributed by atoms with Crippen molar-refractivity contribution in [3.05, 3.63) is 145 Å². The zero-order valence-corrected chi connectivity index (χ0v) is 25.4. The van der Waals surface area contributed by atoms with E-state index in [1.54, 1.807) is 12.4 Å². The third-order valence-electron chi connectivity index (χ3n) is 7.83. The number of para-hydroxylation sites is 1. The number of hydrogen-bond donors (Lipinski definition) is 0. The van der Waals surface area contributed by atoms with E-state index in [0.717, 1.165) is 55.9 Å². The summed E-state index contributed by atoms with van der Waals surface area (Å²) in [7, 11) is 0. The lowest BCUT2D eigenvalue weighted by Gasteiger charge is -2.11. The lowest BCUT2D eigenvalue weighted by molar-refractivity contribution is 1.04. The van der Waals surface area contributed by atoms with Crippen LogP contribution in [0.25, 0.3) is 79.2 Å². The van der Waals surface area contributed by atoms with Crippen LogP contribution in [-0.4, -0.2) is 39.9 Å². The Bertz CT molecular complexity index is 2280. The third kappa shape index (κ3) is 5.71. The predicted octanol–water partition coefficient (Wildman–Crippen LogP) is 8.31. The molecular weight excluding hydrogens is 580 g/mol. The van der Waals surface area contributed by atoms with Gasteiger partial charge in [-0.25, -0.2) is 24.9 Å². The zero-order chi connectivity index (χ0) is 31.6. The van der Waals surface area contributed by atoms with Crippen molar-refractivity contribution in [2.24, 2.45) is 0 Å². The van der Waals surface area contributed by atoms with Crippen molar-refractivity contribution in [1.29, 1.82) is 0 Å². The second kappa shape index (κ2) is 12.1. The van der Waals surface area contributed by atoms with Crippen LogP contribution in [0.3, 0.4) is 0 Å². The molecule has 47 heavy (non-hydrogen) atoms. The van der Waals surface area contributed by atoms with Crippen LogP contribution in [-0.2, 0) is 0 Å². The Morgan fingerprint density at radius 2 is 0.979 bits per heavy atom. The van der Waals surface area contributed by atoms with Crippen molar-refractivity contribution in [3.8, 4) is 68.3 Å². The molecule has 0 saturated heterocycles. The van der Waals surface area contributed by atoms with Gasteiger partial charge in [-0.15, -0.1) is 0 Å². The monoisotopic (exact) mass is 606 g/mol. The number of hydrogen-bond acceptors (Lipinski definition) is 8. The molecule has 2 aromatic carbocycles. The molecule has 8 nitrogen and oxygen atoms in total. The maximum atomic E-state index is 4.94. The minimum atomic E-state index is 0.438. The van der Waals surface area contributed by atoms with Gasteiger partial charge in [-0.05, 0) is 84.8 Å². The molecule has 0 spiro atoms. The minimum absolute atomic E-state index is 0.438. The van der Waals surface area contributed by atoms with Gasteiger partial charge in [0.2, 0.25) is 0 Å². The molecule has 6 aromatic heterocycles. The molecule has 0 aliphatic heterocycles. The van der Waals surface area contributed by atoms with E-state index in [1.807, 2.05) is 103 Å². The van der Waals surface area contributed by atoms with Gasteiger partial charge in [-0.3, -0.25) is 15.0 Å². The fourth-order valence-corrected chi connectivity index (χ4v) is 5.51. The van der Waals surface area contributed by atoms with E-state index < -0.39 is 0 Å². The first kappa shape index (κ1) is 28.0. The largest absolute Gasteiger partial charge is 0.256 e. The molecule has 0 aliphatic carbocycles. The maximum absolute atomic E-state index is 4.94. The molecule has 6 heterocycles. The highest BCUT2D eigenvalue weighted by atomic mass is 15.1. The summed E-state index contributed by atoms with van der Waals surface area (Å²) in [4.78, 5) is 38.2. The van der Waals surface area contributed by atoms with Crippen LogP contribution in [0.1, 0.15) is 5.56 Å². The maximum Gasteiger partial charge on any atom is 0.182 e. The third-order valence-corrected chi connectivity index (χ3v) is 7.83. The number of aryl methyl sites for hydroxylation is 1. The lowest BCUT2D eigenvalue weighted by atomic mass is 9.98. The smallest absolute Gasteiger partial charge is 0.182 e. The molecule has 8 heteroatoms. The van der Waals surface area contributed by atoms with Crippen molar-refractivity contribution in [2.45, 2.75) is 6.92 Å². The quantitative estimate of drug-likeness (QED) is 0.186. The number of aromatic nitrogens is 8. The van der Waals surface area contributed by atoms with Gasteiger partial charge in [0.1, 0.15) is 11.4 Å². The summed E-state index contributed by atoms with van der Waals surface area (Å²) in [5, 5.41) is 1.10. The Morgan fingerprint density at radius 3 is 1.60 bits per heavy atom. The molecule has 0 aliphatic rings. The van der Waals surface area contributed by atoms with Crippen LogP contribution in [0, 0.1) is 6.92 Å². The van der Waals surface area contributed by atoms with Crippen molar-refractivity contribution < 1.29 is 0 Å². The van der Waals surface area contributed by atoms with Crippen molar-refractivity contribution in [1.82, 2.24) is 39.9 Å². The Morgan fingerprint density at radius 1 is 0.404 bits per heavy atom. The van der Waals surface area contributed by atoms with Crippen LogP contribution in [0.4, 0.5) is 0 Å². The van der Waals surface area contributed by atoms with Gasteiger partial charge in [-0.1, -0.05) is 54.6 Å². The fraction of sp³-hybridized carbons (Fsp3) is 0.0256. The molecule has 0 amide bonds. The number of rotatable bonds is 6. The predicted molar refractivity (Wildman–Crippen MR) is 184 cm³/mol. The Labute approximate surface area is 271 Å². The number of nitrogens with zero attached hydrogens (tertiary/aromatic N) is 8. The number of benzene rings is 2. The highest BCUT2D eigenvalue weighted by Crippen LogP contribution is 2.31. The normalized spacial score (nSPS) is 11.1. The standard InChI is InChI=1S/C39H26N8/c1-25-22-27(18-19-29(25)28-23-26-10-2-3-11-30(26)42-24-28)37-45-38(35-16-8-14-33(43-35)31-12-4-6-20-40-31)47-39(46-37)36-17-9-15-34(44-36)32-13-5-7-21-41-32/h2-24H,1H3. The van der Waals surface area contributed by atoms with Crippen LogP contribution in [0.15, 0.2) is 140 Å². The molecule has 0 radical (unpaired) electrons. The molecule has 0 N–H and O–H groups in total. The summed E-state index contributed by atoms with van der Waals surface area (Å²) < 4.78 is 0. The number of pyridine rings is 5. The molecule has 0 bridgehead atoms. The molecule has 0 fully saturated rings. The average Bonchev–Trinajstić information content (AvgIpc) is 3.15. The molecule has 0 atom stereocenters. The van der Waals surface area contributed by atoms with E-state index in [9.17, 15) is 0 Å². The van der Waals surface area contributed by atoms with Crippen molar-refractivity contribution in [3.63, 3.8) is 0 Å². The van der Waals surface area contributed by atoms with Crippen LogP contribution in [0.2, 0.25) is 0 Å². The molecule has 0 unspecified atom stereocenters. The Balaban J connectivity index is 1.25. The molecule has 222 valence electrons. The molecule has 8 rings (SSSR count). The van der Waals surface area contributed by atoms with Crippen molar-refractivity contribution in [2.75, 3.05) is 0 Å². The summed E-state index contributed by atoms with van der Waals surface area (Å²) in [5.74, 6) is 1.40. The summed E-state index contributed by atoms with van der Waals surface area (Å²) >= 11 is 0. The van der Waals surface area contributed by atoms with Crippen LogP contribution < -0.4 is 0 Å². The summed E-state index contributed by atoms with van der Waals surface area (Å²) in [6.07, 6.45) is 5.43. The second-order valence-electron chi connectivity index (χ2n) is 11.0. The van der Waals surface area contributed by atoms with E-state index >= 15 is 0 Å². The topological polar surface area (TPSA) is 103 Å². The Hall–Kier alpha value is -6.54. The minimum Gasteiger partial charge on any atom is -0.256 e. The summed E-state index contributed by atoms with van der Waals surface area (Å²) in [6.45, 7) is 2.09. The molecule has 0 saturated carbocycles. The molecule has 8 aromatic rings. The first-order valence-corrected chi connectivity index (χ1v) is 15.2. The van der Waals surface area contributed by atoms with Gasteiger partial charge in [0.05, 0.1) is 28.3 Å². The highest BCUT2D eigenvalue weighted by molar-refractivity contribution is 5.84. The van der Waals surface area contributed by atoms with Gasteiger partial charge in [-0.2, -0.15) is 0 Å². The lowest BCUT2D eigenvalue weighted by Crippen LogP contribution is -2.03. The zero-order valence-electron chi connectivity index (χ0n) is 25.4. The van der Waals surface area contributed by atoms with E-state index in [-0.39, 0.29) is 0 Å². The Kier molecular flexibility index (Phi) is 7.20. The van der Waals surface area contributed by atoms with Crippen LogP contribution in [0.5, 0.6) is 0 Å². The van der Waals surface area contributed by atoms with Gasteiger partial charge in [0, 0.05) is 35.1 Å². The average molecular weight is 607 g/mol. The van der Waals surface area contributed by atoms with Crippen molar-refractivity contribution >= 4 is 10.9 Å². The first-order valence-electron chi connectivity index (χ1n) is 15.2. The van der Waals surface area contributed by atoms with Crippen LogP contribution >= 0.6 is 0 Å². The van der Waals surface area contributed by atoms with Gasteiger partial charge >= 0.3 is 0 Å². The SMILES string of the molecule is Cc1cc(-c2nc(-c3cccc(-c4ccccn4)n3)nc(-c3cccc(-c4ccccn4)n3)n2)ccc1-c1cnc2ccccc2c1. The van der Waals surface area contributed by atoms with E-state index in [0.29, 0.717) is 28.9 Å². The van der Waals surface area contributed by atoms with E-state index in [1.165, 1.54) is 0 Å². The van der Waals surface area contributed by atoms with Gasteiger partial charge in [0.25, 0.3) is 0 Å². The first-order chi connectivity index (χ1) is 23.2. The van der Waals surface area contributed by atoms with E-state index in [2.05, 4.69) is 46.1 Å². The summed E-state index contributed by atoms with van der Waals surface area (Å²) in [5.41, 5.74) is 9.25. The highest BCUT2D eigenvalue weighted by Gasteiger charge is 2.17. The van der Waals surface area contributed by atoms with Gasteiger partial charge in [0.15, 0.2) is 17.5 Å². The second-order valence-corrected chi connectivity index (χ2v) is 11.0. The summed E-state index contributed by atoms with van der Waals surface area (Å²) in [6, 6.07) is 39.6. The van der Waals surface area contributed by atoms with E-state index in [4.69, 9.17) is 24.9 Å². The fourth-order valence-electron chi connectivity index (χ4n) is 5.51.